The van der Waals surface area contributed by atoms with Crippen molar-refractivity contribution in [2.45, 2.75) is 38.0 Å². The van der Waals surface area contributed by atoms with E-state index in [0.29, 0.717) is 12.1 Å². The normalized spacial score (nSPS) is 19.7. The van der Waals surface area contributed by atoms with Crippen molar-refractivity contribution in [2.24, 2.45) is 5.92 Å². The number of carbonyl (C=O) groups is 1. The number of Topliss-reactive ketones (excluding diaryl/α,β-unsaturated/α-hetero) is 1. The first-order chi connectivity index (χ1) is 9.08. The van der Waals surface area contributed by atoms with Crippen molar-refractivity contribution in [3.8, 4) is 0 Å². The lowest BCUT2D eigenvalue weighted by Gasteiger charge is -2.32. The second-order valence-electron chi connectivity index (χ2n) is 5.15. The molecule has 0 aromatic carbocycles. The van der Waals surface area contributed by atoms with Crippen molar-refractivity contribution in [3.05, 3.63) is 4.88 Å². The van der Waals surface area contributed by atoms with Crippen molar-refractivity contribution in [3.63, 3.8) is 0 Å². The highest BCUT2D eigenvalue weighted by atomic mass is 32.2. The average Bonchev–Trinajstić information content (AvgIpc) is 2.75. The zero-order valence-electron chi connectivity index (χ0n) is 11.9. The van der Waals surface area contributed by atoms with E-state index in [2.05, 4.69) is 11.8 Å². The molecular weight excluding hydrogens is 276 g/mol. The molecule has 0 aliphatic carbocycles. The van der Waals surface area contributed by atoms with E-state index in [0.717, 1.165) is 28.8 Å². The van der Waals surface area contributed by atoms with Gasteiger partial charge in [-0.3, -0.25) is 4.79 Å². The van der Waals surface area contributed by atoms with Crippen LogP contribution in [0.4, 0.5) is 10.7 Å². The van der Waals surface area contributed by atoms with Gasteiger partial charge >= 0.3 is 0 Å². The minimum Gasteiger partial charge on any atom is -0.396 e. The predicted octanol–water partition coefficient (Wildman–Crippen LogP) is 3.88. The minimum absolute atomic E-state index is 0.161. The summed E-state index contributed by atoms with van der Waals surface area (Å²) >= 11 is 3.24. The van der Waals surface area contributed by atoms with Gasteiger partial charge in [-0.1, -0.05) is 13.8 Å². The van der Waals surface area contributed by atoms with E-state index < -0.39 is 0 Å². The lowest BCUT2D eigenvalue weighted by Crippen LogP contribution is -2.33. The molecule has 5 heteroatoms. The molecule has 1 aliphatic heterocycles. The summed E-state index contributed by atoms with van der Waals surface area (Å²) in [5.74, 6) is 0.881. The molecule has 1 unspecified atom stereocenters. The lowest BCUT2D eigenvalue weighted by atomic mass is 10.0. The van der Waals surface area contributed by atoms with Crippen LogP contribution in [0.1, 0.15) is 42.8 Å². The number of carbonyl (C=O) groups excluding carboxylic acids is 1. The van der Waals surface area contributed by atoms with Gasteiger partial charge in [-0.25, -0.2) is 0 Å². The quantitative estimate of drug-likeness (QED) is 0.677. The topological polar surface area (TPSA) is 46.3 Å². The third kappa shape index (κ3) is 2.92. The molecule has 0 amide bonds. The molecule has 2 rings (SSSR count). The summed E-state index contributed by atoms with van der Waals surface area (Å²) in [4.78, 5) is 16.2. The molecule has 106 valence electrons. The largest absolute Gasteiger partial charge is 0.396 e. The molecule has 1 aromatic rings. The molecule has 3 nitrogen and oxygen atoms in total. The number of rotatable bonds is 4. The van der Waals surface area contributed by atoms with Crippen LogP contribution in [0.3, 0.4) is 0 Å². The monoisotopic (exact) mass is 298 g/mol. The molecule has 0 bridgehead atoms. The number of piperidine rings is 1. The molecule has 19 heavy (non-hydrogen) atoms. The summed E-state index contributed by atoms with van der Waals surface area (Å²) in [5.41, 5.74) is 6.87. The van der Waals surface area contributed by atoms with Gasteiger partial charge < -0.3 is 10.6 Å². The standard InChI is InChI=1S/C14H22N2OS2/c1-4-10(17)12-11(15)13(18-3)14(19-12)16-7-5-6-9(2)8-16/h9H,4-8,15H2,1-3H3. The molecule has 2 N–H and O–H groups in total. The minimum atomic E-state index is 0.161. The first-order valence-corrected chi connectivity index (χ1v) is 8.87. The number of nitrogens with two attached hydrogens (primary N) is 1. The molecule has 1 aliphatic rings. The highest BCUT2D eigenvalue weighted by Gasteiger charge is 2.25. The van der Waals surface area contributed by atoms with Gasteiger partial charge in [0.1, 0.15) is 5.00 Å². The summed E-state index contributed by atoms with van der Waals surface area (Å²) in [6, 6.07) is 0. The van der Waals surface area contributed by atoms with Crippen LogP contribution < -0.4 is 10.6 Å². The predicted molar refractivity (Wildman–Crippen MR) is 85.7 cm³/mol. The Morgan fingerprint density at radius 3 is 2.89 bits per heavy atom. The Morgan fingerprint density at radius 1 is 1.58 bits per heavy atom. The fourth-order valence-corrected chi connectivity index (χ4v) is 4.79. The second-order valence-corrected chi connectivity index (χ2v) is 6.97. The van der Waals surface area contributed by atoms with Gasteiger partial charge in [0.25, 0.3) is 0 Å². The SMILES string of the molecule is CCC(=O)c1sc(N2CCCC(C)C2)c(SC)c1N. The van der Waals surface area contributed by atoms with Gasteiger partial charge in [0.2, 0.25) is 0 Å². The fourth-order valence-electron chi connectivity index (χ4n) is 2.56. The van der Waals surface area contributed by atoms with Gasteiger partial charge in [-0.15, -0.1) is 23.1 Å². The second kappa shape index (κ2) is 6.18. The highest BCUT2D eigenvalue weighted by molar-refractivity contribution is 7.99. The van der Waals surface area contributed by atoms with Crippen molar-refractivity contribution >= 4 is 39.6 Å². The fraction of sp³-hybridized carbons (Fsp3) is 0.643. The first kappa shape index (κ1) is 14.7. The Bertz CT molecular complexity index is 470. The van der Waals surface area contributed by atoms with Gasteiger partial charge in [0.05, 0.1) is 15.5 Å². The summed E-state index contributed by atoms with van der Waals surface area (Å²) in [7, 11) is 0. The van der Waals surface area contributed by atoms with Crippen molar-refractivity contribution in [1.29, 1.82) is 0 Å². The Hall–Kier alpha value is -0.680. The first-order valence-electron chi connectivity index (χ1n) is 6.82. The Labute approximate surface area is 123 Å². The van der Waals surface area contributed by atoms with Crippen LogP contribution in [0.15, 0.2) is 4.90 Å². The molecule has 0 saturated carbocycles. The van der Waals surface area contributed by atoms with Crippen LogP contribution in [0.2, 0.25) is 0 Å². The number of ketones is 1. The maximum absolute atomic E-state index is 12.0. The lowest BCUT2D eigenvalue weighted by molar-refractivity contribution is 0.0992. The number of hydrogen-bond acceptors (Lipinski definition) is 5. The molecule has 0 radical (unpaired) electrons. The summed E-state index contributed by atoms with van der Waals surface area (Å²) in [6.07, 6.45) is 5.08. The summed E-state index contributed by atoms with van der Waals surface area (Å²) in [5, 5.41) is 1.20. The maximum atomic E-state index is 12.0. The number of thioether (sulfide) groups is 1. The van der Waals surface area contributed by atoms with Crippen LogP contribution in [-0.2, 0) is 0 Å². The molecule has 1 saturated heterocycles. The van der Waals surface area contributed by atoms with Crippen molar-refractivity contribution in [1.82, 2.24) is 0 Å². The zero-order valence-corrected chi connectivity index (χ0v) is 13.5. The maximum Gasteiger partial charge on any atom is 0.174 e. The van der Waals surface area contributed by atoms with Crippen molar-refractivity contribution in [2.75, 3.05) is 30.0 Å². The smallest absolute Gasteiger partial charge is 0.174 e. The van der Waals surface area contributed by atoms with Crippen LogP contribution in [0, 0.1) is 5.92 Å². The van der Waals surface area contributed by atoms with Gasteiger partial charge in [-0.05, 0) is 25.0 Å². The number of nitrogen functional groups attached to an aromatic ring is 1. The van der Waals surface area contributed by atoms with E-state index in [1.807, 2.05) is 13.2 Å². The Kier molecular flexibility index (Phi) is 4.79. The van der Waals surface area contributed by atoms with Crippen molar-refractivity contribution < 1.29 is 4.79 Å². The van der Waals surface area contributed by atoms with Crippen LogP contribution in [0.25, 0.3) is 0 Å². The van der Waals surface area contributed by atoms with E-state index in [4.69, 9.17) is 5.73 Å². The summed E-state index contributed by atoms with van der Waals surface area (Å²) < 4.78 is 0. The van der Waals surface area contributed by atoms with E-state index in [9.17, 15) is 4.79 Å². The molecule has 1 atom stereocenters. The molecule has 1 fully saturated rings. The number of thiophene rings is 1. The number of nitrogens with zero attached hydrogens (tertiary/aromatic N) is 1. The van der Waals surface area contributed by atoms with E-state index in [-0.39, 0.29) is 5.78 Å². The average molecular weight is 298 g/mol. The van der Waals surface area contributed by atoms with E-state index in [1.54, 1.807) is 23.1 Å². The van der Waals surface area contributed by atoms with E-state index in [1.165, 1.54) is 17.8 Å². The van der Waals surface area contributed by atoms with Crippen LogP contribution >= 0.6 is 23.1 Å². The molecular formula is C14H22N2OS2. The molecule has 0 spiro atoms. The third-order valence-corrected chi connectivity index (χ3v) is 5.86. The highest BCUT2D eigenvalue weighted by Crippen LogP contribution is 2.45. The van der Waals surface area contributed by atoms with Gasteiger partial charge in [0.15, 0.2) is 5.78 Å². The Morgan fingerprint density at radius 2 is 2.32 bits per heavy atom. The summed E-state index contributed by atoms with van der Waals surface area (Å²) in [6.45, 7) is 6.34. The zero-order chi connectivity index (χ0) is 14.0. The molecule has 2 heterocycles. The Balaban J connectivity index is 2.36. The number of hydrogen-bond donors (Lipinski definition) is 1. The molecule has 1 aromatic heterocycles. The van der Waals surface area contributed by atoms with E-state index >= 15 is 0 Å². The van der Waals surface area contributed by atoms with Gasteiger partial charge in [-0.2, -0.15) is 0 Å². The van der Waals surface area contributed by atoms with Crippen LogP contribution in [0.5, 0.6) is 0 Å². The van der Waals surface area contributed by atoms with Gasteiger partial charge in [0, 0.05) is 19.5 Å². The van der Waals surface area contributed by atoms with Crippen LogP contribution in [-0.4, -0.2) is 25.1 Å². The third-order valence-electron chi connectivity index (χ3n) is 3.60. The number of anilines is 2.